The molecule has 0 atom stereocenters. The van der Waals surface area contributed by atoms with E-state index < -0.39 is 7.60 Å². The SMILES string of the molecule is CCCCP(=O)(O)O.NCCN.[NaH]. The van der Waals surface area contributed by atoms with Crippen molar-refractivity contribution in [1.82, 2.24) is 0 Å². The van der Waals surface area contributed by atoms with E-state index in [0.717, 1.165) is 6.42 Å². The van der Waals surface area contributed by atoms with Crippen molar-refractivity contribution in [2.45, 2.75) is 19.8 Å². The van der Waals surface area contributed by atoms with E-state index in [0.29, 0.717) is 19.5 Å². The molecule has 0 rings (SSSR count). The van der Waals surface area contributed by atoms with Crippen LogP contribution in [-0.2, 0) is 4.57 Å². The van der Waals surface area contributed by atoms with E-state index in [1.165, 1.54) is 0 Å². The van der Waals surface area contributed by atoms with Gasteiger partial charge in [0.05, 0.1) is 0 Å². The van der Waals surface area contributed by atoms with Gasteiger partial charge in [0, 0.05) is 19.3 Å². The molecule has 0 aliphatic rings. The van der Waals surface area contributed by atoms with Gasteiger partial charge in [0.2, 0.25) is 0 Å². The average molecular weight is 222 g/mol. The molecule has 0 aromatic rings. The Labute approximate surface area is 102 Å². The number of rotatable bonds is 4. The molecule has 78 valence electrons. The summed E-state index contributed by atoms with van der Waals surface area (Å²) in [6, 6.07) is 0. The first-order valence-electron chi connectivity index (χ1n) is 3.92. The van der Waals surface area contributed by atoms with Crippen LogP contribution in [0, 0.1) is 0 Å². The summed E-state index contributed by atoms with van der Waals surface area (Å²) in [6.45, 7) is 3.09. The van der Waals surface area contributed by atoms with Crippen molar-refractivity contribution < 1.29 is 14.4 Å². The molecule has 6 N–H and O–H groups in total. The normalized spacial score (nSPS) is 9.62. The summed E-state index contributed by atoms with van der Waals surface area (Å²) in [6.07, 6.45) is 1.49. The number of hydrogen-bond donors (Lipinski definition) is 4. The Bertz CT molecular complexity index is 129. The van der Waals surface area contributed by atoms with Gasteiger partial charge in [0.25, 0.3) is 0 Å². The van der Waals surface area contributed by atoms with Gasteiger partial charge < -0.3 is 21.3 Å². The van der Waals surface area contributed by atoms with Crippen LogP contribution in [0.15, 0.2) is 0 Å². The third-order valence-corrected chi connectivity index (χ3v) is 1.87. The molecule has 0 amide bonds. The van der Waals surface area contributed by atoms with Crippen molar-refractivity contribution in [2.24, 2.45) is 11.5 Å². The molecule has 7 heteroatoms. The molecule has 0 aliphatic carbocycles. The van der Waals surface area contributed by atoms with Gasteiger partial charge in [0.1, 0.15) is 0 Å². The van der Waals surface area contributed by atoms with Crippen molar-refractivity contribution in [1.29, 1.82) is 0 Å². The summed E-state index contributed by atoms with van der Waals surface area (Å²) in [5.41, 5.74) is 9.81. The van der Waals surface area contributed by atoms with Crippen LogP contribution in [0.25, 0.3) is 0 Å². The van der Waals surface area contributed by atoms with Gasteiger partial charge in [0.15, 0.2) is 0 Å². The summed E-state index contributed by atoms with van der Waals surface area (Å²) < 4.78 is 10.1. The maximum atomic E-state index is 10.1. The van der Waals surface area contributed by atoms with E-state index in [-0.39, 0.29) is 35.7 Å². The molecular weight excluding hydrogens is 202 g/mol. The minimum atomic E-state index is -3.68. The van der Waals surface area contributed by atoms with Gasteiger partial charge in [-0.05, 0) is 6.42 Å². The zero-order chi connectivity index (χ0) is 10.0. The van der Waals surface area contributed by atoms with Gasteiger partial charge in [-0.2, -0.15) is 0 Å². The molecule has 0 aliphatic heterocycles. The Morgan fingerprint density at radius 2 is 1.62 bits per heavy atom. The first-order valence-corrected chi connectivity index (χ1v) is 5.72. The fourth-order valence-electron chi connectivity index (χ4n) is 0.364. The van der Waals surface area contributed by atoms with Crippen LogP contribution in [0.2, 0.25) is 0 Å². The predicted octanol–water partition coefficient (Wildman–Crippen LogP) is -0.780. The third kappa shape index (κ3) is 32.0. The molecule has 5 nitrogen and oxygen atoms in total. The standard InChI is InChI=1S/C4H11O3P.C2H8N2.Na.H/c1-2-3-4-8(5,6)7;3-1-2-4;;/h2-4H2,1H3,(H2,5,6,7);1-4H2;;. The minimum absolute atomic E-state index is 0. The quantitative estimate of drug-likeness (QED) is 0.368. The predicted molar refractivity (Wildman–Crippen MR) is 57.1 cm³/mol. The maximum absolute atomic E-state index is 10.1. The summed E-state index contributed by atoms with van der Waals surface area (Å²) >= 11 is 0. The molecule has 0 radical (unpaired) electrons. The van der Waals surface area contributed by atoms with Crippen LogP contribution in [0.5, 0.6) is 0 Å². The first-order chi connectivity index (χ1) is 5.47. The Balaban J connectivity index is -0.000000173. The molecule has 0 aromatic heterocycles. The first kappa shape index (κ1) is 19.6. The van der Waals surface area contributed by atoms with E-state index in [9.17, 15) is 4.57 Å². The summed E-state index contributed by atoms with van der Waals surface area (Å²) in [4.78, 5) is 16.5. The van der Waals surface area contributed by atoms with Crippen molar-refractivity contribution in [2.75, 3.05) is 19.3 Å². The summed E-state index contributed by atoms with van der Waals surface area (Å²) in [5, 5.41) is 0. The molecule has 0 aromatic carbocycles. The van der Waals surface area contributed by atoms with Gasteiger partial charge in [-0.1, -0.05) is 13.3 Å². The van der Waals surface area contributed by atoms with Crippen molar-refractivity contribution >= 4 is 37.2 Å². The monoisotopic (exact) mass is 222 g/mol. The van der Waals surface area contributed by atoms with Gasteiger partial charge in [-0.15, -0.1) is 0 Å². The zero-order valence-corrected chi connectivity index (χ0v) is 8.33. The summed E-state index contributed by atoms with van der Waals surface area (Å²) in [7, 11) is -3.68. The van der Waals surface area contributed by atoms with Crippen LogP contribution >= 0.6 is 7.60 Å². The zero-order valence-electron chi connectivity index (χ0n) is 7.44. The van der Waals surface area contributed by atoms with Crippen LogP contribution in [0.3, 0.4) is 0 Å². The second-order valence-corrected chi connectivity index (χ2v) is 4.10. The Kier molecular flexibility index (Phi) is 19.7. The molecule has 0 heterocycles. The summed E-state index contributed by atoms with van der Waals surface area (Å²) in [5.74, 6) is 0. The fraction of sp³-hybridized carbons (Fsp3) is 1.00. The number of unbranched alkanes of at least 4 members (excludes halogenated alkanes) is 1. The van der Waals surface area contributed by atoms with Crippen LogP contribution in [-0.4, -0.2) is 58.6 Å². The molecule has 0 spiro atoms. The second-order valence-electron chi connectivity index (χ2n) is 2.32. The van der Waals surface area contributed by atoms with Crippen LogP contribution < -0.4 is 11.5 Å². The van der Waals surface area contributed by atoms with Crippen LogP contribution in [0.1, 0.15) is 19.8 Å². The van der Waals surface area contributed by atoms with Gasteiger partial charge in [-0.3, -0.25) is 4.57 Å². The van der Waals surface area contributed by atoms with Crippen molar-refractivity contribution in [3.8, 4) is 0 Å². The van der Waals surface area contributed by atoms with Crippen LogP contribution in [0.4, 0.5) is 0 Å². The number of hydrogen-bond acceptors (Lipinski definition) is 3. The van der Waals surface area contributed by atoms with E-state index in [1.54, 1.807) is 0 Å². The molecular formula is C6H20N2NaO3P. The third-order valence-electron chi connectivity index (χ3n) is 0.970. The molecule has 0 saturated heterocycles. The second kappa shape index (κ2) is 13.1. The Morgan fingerprint density at radius 1 is 1.23 bits per heavy atom. The van der Waals surface area contributed by atoms with E-state index >= 15 is 0 Å². The average Bonchev–Trinajstić information content (AvgIpc) is 2.00. The van der Waals surface area contributed by atoms with E-state index in [2.05, 4.69) is 0 Å². The van der Waals surface area contributed by atoms with Crippen molar-refractivity contribution in [3.63, 3.8) is 0 Å². The van der Waals surface area contributed by atoms with Gasteiger partial charge >= 0.3 is 37.2 Å². The fourth-order valence-corrected chi connectivity index (χ4v) is 1.09. The molecule has 0 fully saturated rings. The Morgan fingerprint density at radius 3 is 1.69 bits per heavy atom. The van der Waals surface area contributed by atoms with E-state index in [4.69, 9.17) is 21.3 Å². The molecule has 0 saturated carbocycles. The molecule has 0 unspecified atom stereocenters. The van der Waals surface area contributed by atoms with Gasteiger partial charge in [-0.25, -0.2) is 0 Å². The molecule has 0 bridgehead atoms. The molecule has 13 heavy (non-hydrogen) atoms. The number of nitrogens with two attached hydrogens (primary N) is 2. The Hall–Kier alpha value is 1.07. The van der Waals surface area contributed by atoms with E-state index in [1.807, 2.05) is 6.92 Å². The topological polar surface area (TPSA) is 110 Å². The van der Waals surface area contributed by atoms with Crippen molar-refractivity contribution in [3.05, 3.63) is 0 Å².